The molecule has 0 radical (unpaired) electrons. The Morgan fingerprint density at radius 2 is 1.89 bits per heavy atom. The molecule has 2 heterocycles. The minimum absolute atomic E-state index is 0.0286. The first-order chi connectivity index (χ1) is 18.6. The fraction of sp³-hybridized carbons (Fsp3) is 0.267. The van der Waals surface area contributed by atoms with Crippen molar-refractivity contribution in [1.29, 1.82) is 0 Å². The predicted octanol–water partition coefficient (Wildman–Crippen LogP) is 5.65. The number of hydrogen-bond acceptors (Lipinski definition) is 7. The van der Waals surface area contributed by atoms with Crippen molar-refractivity contribution >= 4 is 33.1 Å². The topological polar surface area (TPSA) is 89.9 Å². The van der Waals surface area contributed by atoms with Gasteiger partial charge in [-0.1, -0.05) is 36.4 Å². The van der Waals surface area contributed by atoms with Crippen molar-refractivity contribution in [2.45, 2.75) is 25.6 Å². The van der Waals surface area contributed by atoms with Crippen LogP contribution in [-0.2, 0) is 19.0 Å². The first kappa shape index (κ1) is 26.1. The number of amides is 1. The van der Waals surface area contributed by atoms with Crippen LogP contribution in [0.4, 0.5) is 5.69 Å². The van der Waals surface area contributed by atoms with Crippen molar-refractivity contribution in [1.82, 2.24) is 4.98 Å². The molecular weight excluding hydrogens is 500 g/mol. The summed E-state index contributed by atoms with van der Waals surface area (Å²) < 4.78 is 18.2. The zero-order valence-electron chi connectivity index (χ0n) is 21.1. The predicted molar refractivity (Wildman–Crippen MR) is 149 cm³/mol. The van der Waals surface area contributed by atoms with E-state index in [-0.39, 0.29) is 30.8 Å². The van der Waals surface area contributed by atoms with Crippen LogP contribution in [0.15, 0.2) is 84.6 Å². The highest BCUT2D eigenvalue weighted by molar-refractivity contribution is 7.21. The first-order valence-electron chi connectivity index (χ1n) is 12.6. The third-order valence-corrected chi connectivity index (χ3v) is 7.28. The Morgan fingerprint density at radius 1 is 1.08 bits per heavy atom. The standard InChI is InChI=1S/C30H30N2O5S/c1-20-7-12-25-27(17-20)38-30(32-25)22-8-10-24(11-9-22)31-29(34)26-18-23(21-5-3-2-4-6-21)19-28(37-26)36-16-15-35-14-13-33/h2-12,17-18,23,28,33H,13-16,19H2,1H3,(H,31,34)/t23-,28+/m0/s1. The third kappa shape index (κ3) is 6.46. The number of benzene rings is 3. The average Bonchev–Trinajstić information content (AvgIpc) is 3.37. The number of ether oxygens (including phenoxy) is 3. The highest BCUT2D eigenvalue weighted by atomic mass is 32.1. The van der Waals surface area contributed by atoms with E-state index < -0.39 is 6.29 Å². The number of aryl methyl sites for hydroxylation is 1. The molecule has 0 spiro atoms. The van der Waals surface area contributed by atoms with E-state index in [0.29, 0.717) is 25.3 Å². The Balaban J connectivity index is 1.27. The monoisotopic (exact) mass is 530 g/mol. The zero-order valence-corrected chi connectivity index (χ0v) is 21.9. The molecule has 3 aromatic carbocycles. The lowest BCUT2D eigenvalue weighted by Crippen LogP contribution is -2.30. The lowest BCUT2D eigenvalue weighted by atomic mass is 9.93. The van der Waals surface area contributed by atoms with Crippen LogP contribution in [0.1, 0.15) is 23.5 Å². The molecule has 0 saturated heterocycles. The SMILES string of the molecule is Cc1ccc2nc(-c3ccc(NC(=O)C4=C[C@H](c5ccccc5)C[C@H](OCCOCCO)O4)cc3)sc2c1. The summed E-state index contributed by atoms with van der Waals surface area (Å²) in [6, 6.07) is 23.9. The van der Waals surface area contributed by atoms with Crippen LogP contribution in [-0.4, -0.2) is 48.7 Å². The minimum atomic E-state index is -0.589. The van der Waals surface area contributed by atoms with E-state index in [1.54, 1.807) is 11.3 Å². The maximum Gasteiger partial charge on any atom is 0.290 e. The van der Waals surface area contributed by atoms with Gasteiger partial charge in [-0.2, -0.15) is 0 Å². The van der Waals surface area contributed by atoms with Crippen LogP contribution in [0.5, 0.6) is 0 Å². The van der Waals surface area contributed by atoms with E-state index in [1.165, 1.54) is 5.56 Å². The fourth-order valence-electron chi connectivity index (χ4n) is 4.30. The molecule has 196 valence electrons. The number of aliphatic hydroxyl groups is 1. The van der Waals surface area contributed by atoms with Crippen molar-refractivity contribution in [3.05, 3.63) is 95.8 Å². The lowest BCUT2D eigenvalue weighted by molar-refractivity contribution is -0.148. The number of nitrogens with one attached hydrogen (secondary N) is 1. The number of aromatic nitrogens is 1. The summed E-state index contributed by atoms with van der Waals surface area (Å²) in [4.78, 5) is 17.9. The van der Waals surface area contributed by atoms with Gasteiger partial charge in [-0.25, -0.2) is 4.98 Å². The molecule has 8 heteroatoms. The molecule has 2 atom stereocenters. The maximum absolute atomic E-state index is 13.2. The van der Waals surface area contributed by atoms with Crippen molar-refractivity contribution in [3.8, 4) is 10.6 Å². The van der Waals surface area contributed by atoms with Gasteiger partial charge in [0.15, 0.2) is 5.76 Å². The van der Waals surface area contributed by atoms with Crippen molar-refractivity contribution in [2.24, 2.45) is 0 Å². The van der Waals surface area contributed by atoms with Gasteiger partial charge in [0.1, 0.15) is 5.01 Å². The molecule has 0 unspecified atom stereocenters. The van der Waals surface area contributed by atoms with E-state index in [9.17, 15) is 4.79 Å². The third-order valence-electron chi connectivity index (χ3n) is 6.21. The van der Waals surface area contributed by atoms with Gasteiger partial charge < -0.3 is 24.6 Å². The van der Waals surface area contributed by atoms with Gasteiger partial charge >= 0.3 is 0 Å². The van der Waals surface area contributed by atoms with Crippen LogP contribution in [0.2, 0.25) is 0 Å². The smallest absolute Gasteiger partial charge is 0.290 e. The summed E-state index contributed by atoms with van der Waals surface area (Å²) in [5.74, 6) is -0.143. The van der Waals surface area contributed by atoms with E-state index in [1.807, 2.05) is 66.7 Å². The molecule has 1 amide bonds. The second-order valence-corrected chi connectivity index (χ2v) is 10.1. The number of carbonyl (C=O) groups excluding carboxylic acids is 1. The molecule has 1 aliphatic heterocycles. The molecule has 2 N–H and O–H groups in total. The van der Waals surface area contributed by atoms with Crippen molar-refractivity contribution in [3.63, 3.8) is 0 Å². The van der Waals surface area contributed by atoms with Gasteiger partial charge in [0.05, 0.1) is 36.6 Å². The highest BCUT2D eigenvalue weighted by Gasteiger charge is 2.28. The van der Waals surface area contributed by atoms with Crippen LogP contribution in [0.25, 0.3) is 20.8 Å². The number of nitrogens with zero attached hydrogens (tertiary/aromatic N) is 1. The number of carbonyl (C=O) groups is 1. The van der Waals surface area contributed by atoms with Gasteiger partial charge in [-0.05, 0) is 60.5 Å². The van der Waals surface area contributed by atoms with Gasteiger partial charge in [0.2, 0.25) is 6.29 Å². The molecule has 1 aliphatic rings. The van der Waals surface area contributed by atoms with E-state index in [0.717, 1.165) is 26.4 Å². The van der Waals surface area contributed by atoms with Crippen LogP contribution in [0.3, 0.4) is 0 Å². The number of hydrogen-bond donors (Lipinski definition) is 2. The fourth-order valence-corrected chi connectivity index (χ4v) is 5.37. The second-order valence-electron chi connectivity index (χ2n) is 9.06. The van der Waals surface area contributed by atoms with Crippen LogP contribution >= 0.6 is 11.3 Å². The van der Waals surface area contributed by atoms with E-state index in [4.69, 9.17) is 24.3 Å². The molecule has 0 aliphatic carbocycles. The van der Waals surface area contributed by atoms with Gasteiger partial charge in [0.25, 0.3) is 5.91 Å². The maximum atomic E-state index is 13.2. The normalized spacial score (nSPS) is 17.2. The summed E-state index contributed by atoms with van der Waals surface area (Å²) in [6.45, 7) is 2.93. The minimum Gasteiger partial charge on any atom is -0.459 e. The summed E-state index contributed by atoms with van der Waals surface area (Å²) in [6.07, 6.45) is 1.84. The molecule has 0 bridgehead atoms. The largest absolute Gasteiger partial charge is 0.459 e. The summed E-state index contributed by atoms with van der Waals surface area (Å²) in [7, 11) is 0. The summed E-state index contributed by atoms with van der Waals surface area (Å²) >= 11 is 1.65. The zero-order chi connectivity index (χ0) is 26.3. The first-order valence-corrected chi connectivity index (χ1v) is 13.4. The molecular formula is C30H30N2O5S. The number of rotatable bonds is 10. The quantitative estimate of drug-likeness (QED) is 0.258. The Bertz CT molecular complexity index is 1400. The Kier molecular flexibility index (Phi) is 8.45. The number of allylic oxidation sites excluding steroid dienone is 1. The molecule has 4 aromatic rings. The Hall–Kier alpha value is -3.56. The van der Waals surface area contributed by atoms with E-state index in [2.05, 4.69) is 24.4 Å². The highest BCUT2D eigenvalue weighted by Crippen LogP contribution is 2.33. The van der Waals surface area contributed by atoms with E-state index >= 15 is 0 Å². The summed E-state index contributed by atoms with van der Waals surface area (Å²) in [5.41, 5.74) is 4.94. The van der Waals surface area contributed by atoms with Crippen LogP contribution in [0, 0.1) is 6.92 Å². The molecule has 0 fully saturated rings. The molecule has 1 aromatic heterocycles. The number of aliphatic hydroxyl groups excluding tert-OH is 1. The second kappa shape index (κ2) is 12.3. The van der Waals surface area contributed by atoms with Crippen LogP contribution < -0.4 is 5.32 Å². The molecule has 0 saturated carbocycles. The Morgan fingerprint density at radius 3 is 2.68 bits per heavy atom. The molecule has 7 nitrogen and oxygen atoms in total. The average molecular weight is 531 g/mol. The van der Waals surface area contributed by atoms with Gasteiger partial charge in [-0.3, -0.25) is 4.79 Å². The lowest BCUT2D eigenvalue weighted by Gasteiger charge is -2.29. The number of fused-ring (bicyclic) bond motifs is 1. The Labute approximate surface area is 225 Å². The molecule has 5 rings (SSSR count). The van der Waals surface area contributed by atoms with Crippen molar-refractivity contribution < 1.29 is 24.1 Å². The van der Waals surface area contributed by atoms with Crippen molar-refractivity contribution in [2.75, 3.05) is 31.7 Å². The number of thiazole rings is 1. The molecule has 38 heavy (non-hydrogen) atoms. The number of anilines is 1. The summed E-state index contributed by atoms with van der Waals surface area (Å²) in [5, 5.41) is 12.7. The van der Waals surface area contributed by atoms with Gasteiger partial charge in [0, 0.05) is 23.6 Å². The van der Waals surface area contributed by atoms with Gasteiger partial charge in [-0.15, -0.1) is 11.3 Å².